The number of carbonyl (C=O) groups is 1. The van der Waals surface area contributed by atoms with Crippen molar-refractivity contribution in [3.05, 3.63) is 17.5 Å². The minimum absolute atomic E-state index is 0.0576. The number of aromatic nitrogens is 2. The molecule has 4 rings (SSSR count). The Morgan fingerprint density at radius 2 is 1.95 bits per heavy atom. The molecule has 2 N–H and O–H groups in total. The Labute approximate surface area is 116 Å². The van der Waals surface area contributed by atoms with Crippen molar-refractivity contribution in [3.63, 3.8) is 0 Å². The van der Waals surface area contributed by atoms with Gasteiger partial charge < -0.3 is 10.4 Å². The maximum Gasteiger partial charge on any atom is 0.308 e. The highest BCUT2D eigenvalue weighted by Crippen LogP contribution is 2.46. The van der Waals surface area contributed by atoms with Gasteiger partial charge in [0.2, 0.25) is 0 Å². The number of aliphatic carboxylic acids is 1. The molecular formula is C13H16ClN3O2. The van der Waals surface area contributed by atoms with Gasteiger partial charge in [0.1, 0.15) is 11.0 Å². The SMILES string of the molecule is O=C(O)C1C2CCC(CC2)C1Nc1cncc(Cl)n1. The lowest BCUT2D eigenvalue weighted by molar-refractivity contribution is -0.148. The van der Waals surface area contributed by atoms with Crippen molar-refractivity contribution in [1.29, 1.82) is 0 Å². The summed E-state index contributed by atoms with van der Waals surface area (Å²) in [7, 11) is 0. The Kier molecular flexibility index (Phi) is 3.31. The van der Waals surface area contributed by atoms with Gasteiger partial charge in [-0.25, -0.2) is 4.98 Å². The molecule has 0 spiro atoms. The van der Waals surface area contributed by atoms with Crippen LogP contribution >= 0.6 is 11.6 Å². The molecule has 2 unspecified atom stereocenters. The molecule has 2 atom stereocenters. The van der Waals surface area contributed by atoms with Crippen LogP contribution in [0.2, 0.25) is 5.15 Å². The van der Waals surface area contributed by atoms with Crippen molar-refractivity contribution in [2.45, 2.75) is 31.7 Å². The topological polar surface area (TPSA) is 75.1 Å². The molecule has 5 nitrogen and oxygen atoms in total. The highest BCUT2D eigenvalue weighted by Gasteiger charge is 2.47. The van der Waals surface area contributed by atoms with Gasteiger partial charge in [0.15, 0.2) is 0 Å². The van der Waals surface area contributed by atoms with Crippen molar-refractivity contribution in [3.8, 4) is 0 Å². The van der Waals surface area contributed by atoms with Crippen molar-refractivity contribution >= 4 is 23.4 Å². The first-order valence-electron chi connectivity index (χ1n) is 6.62. The first-order chi connectivity index (χ1) is 9.15. The minimum Gasteiger partial charge on any atom is -0.481 e. The Morgan fingerprint density at radius 1 is 1.26 bits per heavy atom. The van der Waals surface area contributed by atoms with Gasteiger partial charge in [-0.15, -0.1) is 0 Å². The average molecular weight is 282 g/mol. The van der Waals surface area contributed by atoms with Gasteiger partial charge in [-0.1, -0.05) is 11.6 Å². The normalized spacial score (nSPS) is 33.1. The zero-order chi connectivity index (χ0) is 13.4. The van der Waals surface area contributed by atoms with Crippen molar-refractivity contribution < 1.29 is 9.90 Å². The molecule has 3 aliphatic rings. The molecule has 3 saturated carbocycles. The summed E-state index contributed by atoms with van der Waals surface area (Å²) in [5.74, 6) is 0.227. The van der Waals surface area contributed by atoms with Crippen LogP contribution in [0, 0.1) is 17.8 Å². The summed E-state index contributed by atoms with van der Waals surface area (Å²) in [4.78, 5) is 19.6. The molecule has 0 aromatic carbocycles. The van der Waals surface area contributed by atoms with Crippen LogP contribution in [0.15, 0.2) is 12.4 Å². The summed E-state index contributed by atoms with van der Waals surface area (Å²) in [5, 5.41) is 13.0. The lowest BCUT2D eigenvalue weighted by Crippen LogP contribution is -2.51. The van der Waals surface area contributed by atoms with Crippen molar-refractivity contribution in [2.75, 3.05) is 5.32 Å². The van der Waals surface area contributed by atoms with Crippen molar-refractivity contribution in [1.82, 2.24) is 9.97 Å². The van der Waals surface area contributed by atoms with Gasteiger partial charge in [-0.3, -0.25) is 9.78 Å². The zero-order valence-corrected chi connectivity index (χ0v) is 11.2. The second-order valence-electron chi connectivity index (χ2n) is 5.44. The number of rotatable bonds is 3. The fraction of sp³-hybridized carbons (Fsp3) is 0.615. The smallest absolute Gasteiger partial charge is 0.308 e. The van der Waals surface area contributed by atoms with Crippen LogP contribution in [0.5, 0.6) is 0 Å². The molecule has 2 bridgehead atoms. The number of fused-ring (bicyclic) bond motifs is 3. The summed E-state index contributed by atoms with van der Waals surface area (Å²) in [6.07, 6.45) is 7.31. The second-order valence-corrected chi connectivity index (χ2v) is 5.82. The highest BCUT2D eigenvalue weighted by atomic mass is 35.5. The number of carboxylic acid groups (broad SMARTS) is 1. The van der Waals surface area contributed by atoms with Gasteiger partial charge in [-0.05, 0) is 37.5 Å². The third kappa shape index (κ3) is 2.39. The maximum absolute atomic E-state index is 11.5. The Morgan fingerprint density at radius 3 is 2.58 bits per heavy atom. The number of nitrogens with zero attached hydrogens (tertiary/aromatic N) is 2. The van der Waals surface area contributed by atoms with E-state index in [-0.39, 0.29) is 17.9 Å². The van der Waals surface area contributed by atoms with E-state index in [1.54, 1.807) is 6.20 Å². The predicted octanol–water partition coefficient (Wildman–Crippen LogP) is 2.43. The molecule has 19 heavy (non-hydrogen) atoms. The van der Waals surface area contributed by atoms with Crippen LogP contribution in [0.1, 0.15) is 25.7 Å². The van der Waals surface area contributed by atoms with Gasteiger partial charge in [0.25, 0.3) is 0 Å². The van der Waals surface area contributed by atoms with Crippen molar-refractivity contribution in [2.24, 2.45) is 17.8 Å². The van der Waals surface area contributed by atoms with E-state index >= 15 is 0 Å². The molecule has 0 radical (unpaired) electrons. The molecule has 0 amide bonds. The zero-order valence-electron chi connectivity index (χ0n) is 10.4. The molecule has 1 heterocycles. The molecule has 6 heteroatoms. The molecule has 3 aliphatic carbocycles. The van der Waals surface area contributed by atoms with E-state index in [4.69, 9.17) is 11.6 Å². The summed E-state index contributed by atoms with van der Waals surface area (Å²) < 4.78 is 0. The lowest BCUT2D eigenvalue weighted by atomic mass is 9.61. The Balaban J connectivity index is 1.83. The number of anilines is 1. The quantitative estimate of drug-likeness (QED) is 0.890. The molecule has 0 saturated heterocycles. The van der Waals surface area contributed by atoms with E-state index in [2.05, 4.69) is 15.3 Å². The molecule has 0 aliphatic heterocycles. The van der Waals surface area contributed by atoms with Gasteiger partial charge in [-0.2, -0.15) is 0 Å². The number of halogens is 1. The summed E-state index contributed by atoms with van der Waals surface area (Å²) in [6, 6.07) is -0.0576. The van der Waals surface area contributed by atoms with Gasteiger partial charge >= 0.3 is 5.97 Å². The Bertz CT molecular complexity index is 489. The van der Waals surface area contributed by atoms with Crippen LogP contribution < -0.4 is 5.32 Å². The monoisotopic (exact) mass is 281 g/mol. The number of hydrogen-bond donors (Lipinski definition) is 2. The largest absolute Gasteiger partial charge is 0.481 e. The molecule has 1 aromatic heterocycles. The van der Waals surface area contributed by atoms with E-state index in [9.17, 15) is 9.90 Å². The molecule has 1 aromatic rings. The standard InChI is InChI=1S/C13H16ClN3O2/c14-9-5-15-6-10(16-9)17-12-8-3-1-7(2-4-8)11(12)13(18)19/h5-8,11-12H,1-4H2,(H,16,17)(H,18,19). The van der Waals surface area contributed by atoms with E-state index in [0.717, 1.165) is 25.7 Å². The molecular weight excluding hydrogens is 266 g/mol. The molecule has 3 fully saturated rings. The van der Waals surface area contributed by atoms with E-state index in [0.29, 0.717) is 16.9 Å². The Hall–Kier alpha value is -1.36. The first-order valence-corrected chi connectivity index (χ1v) is 7.00. The summed E-state index contributed by atoms with van der Waals surface area (Å²) >= 11 is 5.81. The second kappa shape index (κ2) is 4.96. The lowest BCUT2D eigenvalue weighted by Gasteiger charge is -2.47. The fourth-order valence-electron chi connectivity index (χ4n) is 3.59. The predicted molar refractivity (Wildman–Crippen MR) is 71.0 cm³/mol. The number of hydrogen-bond acceptors (Lipinski definition) is 4. The minimum atomic E-state index is -0.707. The summed E-state index contributed by atoms with van der Waals surface area (Å²) in [6.45, 7) is 0. The van der Waals surface area contributed by atoms with E-state index in [1.165, 1.54) is 6.20 Å². The molecule has 102 valence electrons. The van der Waals surface area contributed by atoms with Crippen LogP contribution in [0.3, 0.4) is 0 Å². The fourth-order valence-corrected chi connectivity index (χ4v) is 3.74. The van der Waals surface area contributed by atoms with Crippen LogP contribution in [-0.2, 0) is 4.79 Å². The van der Waals surface area contributed by atoms with Crippen LogP contribution in [-0.4, -0.2) is 27.1 Å². The summed E-state index contributed by atoms with van der Waals surface area (Å²) in [5.41, 5.74) is 0. The average Bonchev–Trinajstić information content (AvgIpc) is 2.39. The first kappa shape index (κ1) is 12.7. The third-order valence-corrected chi connectivity index (χ3v) is 4.61. The van der Waals surface area contributed by atoms with Gasteiger partial charge in [0, 0.05) is 6.04 Å². The van der Waals surface area contributed by atoms with E-state index in [1.807, 2.05) is 0 Å². The number of carboxylic acids is 1. The highest BCUT2D eigenvalue weighted by molar-refractivity contribution is 6.29. The van der Waals surface area contributed by atoms with E-state index < -0.39 is 5.97 Å². The van der Waals surface area contributed by atoms with Crippen LogP contribution in [0.4, 0.5) is 5.82 Å². The van der Waals surface area contributed by atoms with Crippen LogP contribution in [0.25, 0.3) is 0 Å². The van der Waals surface area contributed by atoms with Gasteiger partial charge in [0.05, 0.1) is 18.3 Å². The third-order valence-electron chi connectivity index (χ3n) is 4.42. The maximum atomic E-state index is 11.5. The number of nitrogens with one attached hydrogen (secondary N) is 1.